The number of nitrogens with zero attached hydrogens (tertiary/aromatic N) is 3. The van der Waals surface area contributed by atoms with Crippen LogP contribution in [-0.4, -0.2) is 45.3 Å². The van der Waals surface area contributed by atoms with Gasteiger partial charge in [-0.1, -0.05) is 6.92 Å². The van der Waals surface area contributed by atoms with Gasteiger partial charge in [-0.2, -0.15) is 0 Å². The fourth-order valence-electron chi connectivity index (χ4n) is 2.12. The van der Waals surface area contributed by atoms with Crippen molar-refractivity contribution in [3.63, 3.8) is 0 Å². The number of nitrogens with one attached hydrogen (secondary N) is 1. The normalized spacial score (nSPS) is 16.6. The Hall–Kier alpha value is -1.17. The molecule has 0 radical (unpaired) electrons. The van der Waals surface area contributed by atoms with Crippen LogP contribution in [0.15, 0.2) is 6.07 Å². The smallest absolute Gasteiger partial charge is 0.134 e. The molecule has 1 fully saturated rings. The maximum absolute atomic E-state index is 11.4. The molecule has 19 heavy (non-hydrogen) atoms. The lowest BCUT2D eigenvalue weighted by Crippen LogP contribution is -2.38. The Morgan fingerprint density at radius 3 is 2.68 bits per heavy atom. The number of hydrogen-bond donors (Lipinski definition) is 1. The third-order valence-electron chi connectivity index (χ3n) is 3.09. The first-order valence-electron chi connectivity index (χ1n) is 6.94. The molecule has 2 heterocycles. The van der Waals surface area contributed by atoms with Crippen molar-refractivity contribution in [1.82, 2.24) is 9.97 Å². The fraction of sp³-hybridized carbons (Fsp3) is 0.692. The van der Waals surface area contributed by atoms with E-state index in [0.717, 1.165) is 61.4 Å². The van der Waals surface area contributed by atoms with Crippen LogP contribution in [0.5, 0.6) is 0 Å². The van der Waals surface area contributed by atoms with Gasteiger partial charge in [0.25, 0.3) is 0 Å². The molecule has 0 bridgehead atoms. The van der Waals surface area contributed by atoms with Gasteiger partial charge in [-0.25, -0.2) is 9.97 Å². The highest BCUT2D eigenvalue weighted by molar-refractivity contribution is 7.85. The van der Waals surface area contributed by atoms with E-state index in [4.69, 9.17) is 0 Å². The van der Waals surface area contributed by atoms with Gasteiger partial charge in [0.1, 0.15) is 17.5 Å². The second kappa shape index (κ2) is 6.84. The summed E-state index contributed by atoms with van der Waals surface area (Å²) < 4.78 is 11.4. The van der Waals surface area contributed by atoms with Crippen LogP contribution in [0, 0.1) is 0 Å². The van der Waals surface area contributed by atoms with Crippen molar-refractivity contribution >= 4 is 22.4 Å². The average molecular weight is 282 g/mol. The minimum Gasteiger partial charge on any atom is -0.370 e. The van der Waals surface area contributed by atoms with Gasteiger partial charge in [-0.3, -0.25) is 4.21 Å². The van der Waals surface area contributed by atoms with E-state index in [0.29, 0.717) is 0 Å². The summed E-state index contributed by atoms with van der Waals surface area (Å²) in [5, 5.41) is 3.26. The molecule has 0 aromatic carbocycles. The van der Waals surface area contributed by atoms with E-state index in [1.165, 1.54) is 0 Å². The molecule has 0 amide bonds. The Morgan fingerprint density at radius 2 is 2.05 bits per heavy atom. The quantitative estimate of drug-likeness (QED) is 0.885. The minimum absolute atomic E-state index is 0.653. The van der Waals surface area contributed by atoms with E-state index in [2.05, 4.69) is 34.0 Å². The summed E-state index contributed by atoms with van der Waals surface area (Å²) >= 11 is 0. The van der Waals surface area contributed by atoms with Crippen molar-refractivity contribution in [2.24, 2.45) is 0 Å². The maximum Gasteiger partial charge on any atom is 0.134 e. The molecular weight excluding hydrogens is 260 g/mol. The number of aromatic nitrogens is 2. The Bertz CT molecular complexity index is 418. The lowest BCUT2D eigenvalue weighted by Gasteiger charge is -2.27. The van der Waals surface area contributed by atoms with Crippen molar-refractivity contribution in [1.29, 1.82) is 0 Å². The standard InChI is InChI=1S/C13H22N4OS/c1-3-5-11-15-12(14-4-2)10-13(16-11)17-6-8-19(18)9-7-17/h10H,3-9H2,1-2H3,(H,14,15,16). The average Bonchev–Trinajstić information content (AvgIpc) is 2.40. The molecule has 106 valence electrons. The topological polar surface area (TPSA) is 58.1 Å². The molecule has 0 unspecified atom stereocenters. The van der Waals surface area contributed by atoms with Crippen LogP contribution in [0.3, 0.4) is 0 Å². The first kappa shape index (κ1) is 14.2. The molecule has 1 aromatic rings. The van der Waals surface area contributed by atoms with E-state index in [1.54, 1.807) is 0 Å². The molecule has 5 nitrogen and oxygen atoms in total. The minimum atomic E-state index is -0.653. The van der Waals surface area contributed by atoms with Gasteiger partial charge in [0.05, 0.1) is 0 Å². The van der Waals surface area contributed by atoms with E-state index in [9.17, 15) is 4.21 Å². The number of rotatable bonds is 5. The molecule has 0 aliphatic carbocycles. The van der Waals surface area contributed by atoms with Crippen molar-refractivity contribution < 1.29 is 4.21 Å². The van der Waals surface area contributed by atoms with Crippen molar-refractivity contribution in [2.75, 3.05) is 41.4 Å². The molecule has 2 rings (SSSR count). The zero-order valence-corrected chi connectivity index (χ0v) is 12.5. The highest BCUT2D eigenvalue weighted by Crippen LogP contribution is 2.18. The lowest BCUT2D eigenvalue weighted by molar-refractivity contribution is 0.672. The first-order chi connectivity index (χ1) is 9.22. The third-order valence-corrected chi connectivity index (χ3v) is 4.37. The molecule has 1 aliphatic heterocycles. The van der Waals surface area contributed by atoms with Gasteiger partial charge in [0, 0.05) is 54.4 Å². The number of hydrogen-bond acceptors (Lipinski definition) is 5. The van der Waals surface area contributed by atoms with Crippen LogP contribution in [-0.2, 0) is 17.2 Å². The number of anilines is 2. The Kier molecular flexibility index (Phi) is 5.13. The summed E-state index contributed by atoms with van der Waals surface area (Å²) in [5.74, 6) is 4.23. The third kappa shape index (κ3) is 3.89. The highest BCUT2D eigenvalue weighted by Gasteiger charge is 2.17. The van der Waals surface area contributed by atoms with Gasteiger partial charge < -0.3 is 10.2 Å². The van der Waals surface area contributed by atoms with E-state index in [-0.39, 0.29) is 0 Å². The summed E-state index contributed by atoms with van der Waals surface area (Å²) in [4.78, 5) is 11.4. The van der Waals surface area contributed by atoms with Gasteiger partial charge in [-0.15, -0.1) is 0 Å². The zero-order valence-electron chi connectivity index (χ0n) is 11.7. The van der Waals surface area contributed by atoms with E-state index >= 15 is 0 Å². The van der Waals surface area contributed by atoms with Crippen LogP contribution in [0.2, 0.25) is 0 Å². The van der Waals surface area contributed by atoms with Gasteiger partial charge in [0.15, 0.2) is 0 Å². The summed E-state index contributed by atoms with van der Waals surface area (Å²) in [7, 11) is -0.653. The van der Waals surface area contributed by atoms with Crippen molar-refractivity contribution in [3.05, 3.63) is 11.9 Å². The SMILES string of the molecule is CCCc1nc(NCC)cc(N2CCS(=O)CC2)n1. The van der Waals surface area contributed by atoms with E-state index < -0.39 is 10.8 Å². The molecular formula is C13H22N4OS. The van der Waals surface area contributed by atoms with Gasteiger partial charge in [0.2, 0.25) is 0 Å². The molecule has 0 spiro atoms. The summed E-state index contributed by atoms with van der Waals surface area (Å²) in [5.41, 5.74) is 0. The first-order valence-corrected chi connectivity index (χ1v) is 8.43. The lowest BCUT2D eigenvalue weighted by atomic mass is 10.3. The van der Waals surface area contributed by atoms with Crippen LogP contribution >= 0.6 is 0 Å². The van der Waals surface area contributed by atoms with Gasteiger partial charge in [-0.05, 0) is 13.3 Å². The second-order valence-corrected chi connectivity index (χ2v) is 6.34. The summed E-state index contributed by atoms with van der Waals surface area (Å²) in [6.45, 7) is 6.69. The Morgan fingerprint density at radius 1 is 1.32 bits per heavy atom. The molecule has 1 saturated heterocycles. The van der Waals surface area contributed by atoms with Crippen LogP contribution in [0.25, 0.3) is 0 Å². The number of aryl methyl sites for hydroxylation is 1. The van der Waals surface area contributed by atoms with Crippen LogP contribution in [0.4, 0.5) is 11.6 Å². The van der Waals surface area contributed by atoms with E-state index in [1.807, 2.05) is 6.07 Å². The second-order valence-electron chi connectivity index (χ2n) is 4.64. The van der Waals surface area contributed by atoms with Crippen LogP contribution in [0.1, 0.15) is 26.1 Å². The van der Waals surface area contributed by atoms with Crippen molar-refractivity contribution in [3.8, 4) is 0 Å². The zero-order chi connectivity index (χ0) is 13.7. The predicted octanol–water partition coefficient (Wildman–Crippen LogP) is 1.43. The van der Waals surface area contributed by atoms with Gasteiger partial charge >= 0.3 is 0 Å². The molecule has 1 aliphatic rings. The Balaban J connectivity index is 2.19. The van der Waals surface area contributed by atoms with Crippen LogP contribution < -0.4 is 10.2 Å². The molecule has 6 heteroatoms. The molecule has 0 atom stereocenters. The maximum atomic E-state index is 11.4. The van der Waals surface area contributed by atoms with Crippen molar-refractivity contribution in [2.45, 2.75) is 26.7 Å². The monoisotopic (exact) mass is 282 g/mol. The summed E-state index contributed by atoms with van der Waals surface area (Å²) in [6, 6.07) is 2.00. The molecule has 1 N–H and O–H groups in total. The summed E-state index contributed by atoms with van der Waals surface area (Å²) in [6.07, 6.45) is 1.94. The largest absolute Gasteiger partial charge is 0.370 e. The Labute approximate surface area is 117 Å². The fourth-order valence-corrected chi connectivity index (χ4v) is 3.17. The predicted molar refractivity (Wildman–Crippen MR) is 80.3 cm³/mol. The molecule has 1 aromatic heterocycles. The highest BCUT2D eigenvalue weighted by atomic mass is 32.2. The molecule has 0 saturated carbocycles.